The zero-order chi connectivity index (χ0) is 22.0. The fraction of sp³-hybridized carbons (Fsp3) is 0.286. The highest BCUT2D eigenvalue weighted by atomic mass is 16.6. The van der Waals surface area contributed by atoms with Gasteiger partial charge in [-0.3, -0.25) is 14.9 Å². The van der Waals surface area contributed by atoms with Crippen LogP contribution in [0.4, 0.5) is 17.1 Å². The van der Waals surface area contributed by atoms with E-state index in [0.717, 1.165) is 12.8 Å². The molecule has 1 heterocycles. The second kappa shape index (κ2) is 8.42. The molecule has 10 nitrogen and oxygen atoms in total. The Kier molecular flexibility index (Phi) is 5.52. The third-order valence-electron chi connectivity index (χ3n) is 4.81. The summed E-state index contributed by atoms with van der Waals surface area (Å²) >= 11 is 0. The van der Waals surface area contributed by atoms with E-state index in [1.165, 1.54) is 12.1 Å². The van der Waals surface area contributed by atoms with Gasteiger partial charge in [0.05, 0.1) is 10.5 Å². The molecule has 0 atom stereocenters. The van der Waals surface area contributed by atoms with Crippen LogP contribution in [0.15, 0.2) is 47.0 Å². The highest BCUT2D eigenvalue weighted by Gasteiger charge is 2.29. The Morgan fingerprint density at radius 1 is 1.26 bits per heavy atom. The number of nitrogens with zero attached hydrogens (tertiary/aromatic N) is 4. The lowest BCUT2D eigenvalue weighted by Crippen LogP contribution is -2.18. The van der Waals surface area contributed by atoms with E-state index in [1.807, 2.05) is 0 Å². The number of carbonyl (C=O) groups excluding carboxylic acids is 1. The number of amides is 1. The first-order valence-corrected chi connectivity index (χ1v) is 9.73. The van der Waals surface area contributed by atoms with E-state index in [0.29, 0.717) is 34.8 Å². The van der Waals surface area contributed by atoms with E-state index in [-0.39, 0.29) is 17.9 Å². The first kappa shape index (κ1) is 20.3. The summed E-state index contributed by atoms with van der Waals surface area (Å²) in [6.07, 6.45) is 2.17. The maximum absolute atomic E-state index is 12.8. The molecule has 3 aromatic rings. The highest BCUT2D eigenvalue weighted by molar-refractivity contribution is 6.08. The number of nitrogens with one attached hydrogen (secondary N) is 1. The maximum Gasteiger partial charge on any atom is 0.270 e. The summed E-state index contributed by atoms with van der Waals surface area (Å²) in [6.45, 7) is 0.182. The lowest BCUT2D eigenvalue weighted by Gasteiger charge is -2.17. The lowest BCUT2D eigenvalue weighted by molar-refractivity contribution is -0.384. The number of ether oxygens (including phenoxy) is 1. The summed E-state index contributed by atoms with van der Waals surface area (Å²) in [4.78, 5) is 29.3. The van der Waals surface area contributed by atoms with E-state index in [9.17, 15) is 14.9 Å². The topological polar surface area (TPSA) is 124 Å². The Labute approximate surface area is 178 Å². The molecular formula is C21H21N5O5. The summed E-state index contributed by atoms with van der Waals surface area (Å²) in [7, 11) is 3.53. The number of aromatic nitrogens is 2. The van der Waals surface area contributed by atoms with Crippen molar-refractivity contribution < 1.29 is 19.0 Å². The number of non-ortho nitro benzene ring substituents is 1. The summed E-state index contributed by atoms with van der Waals surface area (Å²) in [5.74, 6) is 1.68. The predicted molar refractivity (Wildman–Crippen MR) is 112 cm³/mol. The van der Waals surface area contributed by atoms with Crippen LogP contribution in [0.25, 0.3) is 0 Å². The van der Waals surface area contributed by atoms with Gasteiger partial charge in [0, 0.05) is 43.5 Å². The molecule has 1 aliphatic carbocycles. The van der Waals surface area contributed by atoms with E-state index in [4.69, 9.17) is 9.26 Å². The van der Waals surface area contributed by atoms with E-state index in [1.54, 1.807) is 49.3 Å². The first-order valence-electron chi connectivity index (χ1n) is 9.73. The number of nitro groups is 1. The summed E-state index contributed by atoms with van der Waals surface area (Å²) < 4.78 is 10.9. The van der Waals surface area contributed by atoms with Crippen molar-refractivity contribution in [2.24, 2.45) is 0 Å². The number of rotatable bonds is 8. The Hall–Kier alpha value is -3.95. The molecule has 4 rings (SSSR count). The Bertz CT molecular complexity index is 1110. The van der Waals surface area contributed by atoms with Crippen LogP contribution < -0.4 is 15.0 Å². The van der Waals surface area contributed by atoms with Crippen molar-refractivity contribution in [2.75, 3.05) is 24.3 Å². The molecule has 0 bridgehead atoms. The molecule has 1 aromatic heterocycles. The third-order valence-corrected chi connectivity index (χ3v) is 4.81. The van der Waals surface area contributed by atoms with Gasteiger partial charge in [-0.15, -0.1) is 0 Å². The molecular weight excluding hydrogens is 402 g/mol. The number of hydrogen-bond donors (Lipinski definition) is 1. The highest BCUT2D eigenvalue weighted by Crippen LogP contribution is 2.38. The molecule has 10 heteroatoms. The first-order chi connectivity index (χ1) is 14.9. The van der Waals surface area contributed by atoms with Crippen molar-refractivity contribution in [3.63, 3.8) is 0 Å². The van der Waals surface area contributed by atoms with Crippen LogP contribution in [-0.4, -0.2) is 35.1 Å². The maximum atomic E-state index is 12.8. The molecule has 1 fully saturated rings. The Morgan fingerprint density at radius 2 is 2.00 bits per heavy atom. The molecule has 0 aliphatic heterocycles. The number of nitro benzene ring substituents is 1. The monoisotopic (exact) mass is 423 g/mol. The van der Waals surface area contributed by atoms with Gasteiger partial charge in [-0.05, 0) is 43.2 Å². The fourth-order valence-corrected chi connectivity index (χ4v) is 3.01. The predicted octanol–water partition coefficient (Wildman–Crippen LogP) is 3.75. The van der Waals surface area contributed by atoms with Gasteiger partial charge in [-0.2, -0.15) is 4.98 Å². The minimum absolute atomic E-state index is 0.147. The number of benzene rings is 2. The zero-order valence-corrected chi connectivity index (χ0v) is 17.1. The average Bonchev–Trinajstić information content (AvgIpc) is 3.50. The van der Waals surface area contributed by atoms with Crippen molar-refractivity contribution in [1.29, 1.82) is 0 Å². The van der Waals surface area contributed by atoms with Gasteiger partial charge in [-0.25, -0.2) is 0 Å². The van der Waals surface area contributed by atoms with Crippen LogP contribution in [0.1, 0.15) is 40.8 Å². The summed E-state index contributed by atoms with van der Waals surface area (Å²) in [6, 6.07) is 11.0. The standard InChI is InChI=1S/C21H21N5O5/c1-25(2)18-10-7-15(26(28)29)11-17(18)20(27)22-14-5-8-16(9-6-14)30-12-19-23-21(31-24-19)13-3-4-13/h5-11,13H,3-4,12H2,1-2H3,(H,22,27). The second-order valence-electron chi connectivity index (χ2n) is 7.44. The van der Waals surface area contributed by atoms with E-state index in [2.05, 4.69) is 15.5 Å². The largest absolute Gasteiger partial charge is 0.485 e. The van der Waals surface area contributed by atoms with Gasteiger partial charge in [0.25, 0.3) is 11.6 Å². The van der Waals surface area contributed by atoms with Crippen molar-refractivity contribution in [1.82, 2.24) is 10.1 Å². The summed E-state index contributed by atoms with van der Waals surface area (Å²) in [5.41, 5.74) is 1.17. The van der Waals surface area contributed by atoms with Crippen molar-refractivity contribution in [3.8, 4) is 5.75 Å². The van der Waals surface area contributed by atoms with E-state index >= 15 is 0 Å². The third kappa shape index (κ3) is 4.80. The second-order valence-corrected chi connectivity index (χ2v) is 7.44. The summed E-state index contributed by atoms with van der Waals surface area (Å²) in [5, 5.41) is 17.8. The van der Waals surface area contributed by atoms with Gasteiger partial charge in [0.1, 0.15) is 5.75 Å². The van der Waals surface area contributed by atoms with Gasteiger partial charge in [-0.1, -0.05) is 5.16 Å². The molecule has 1 N–H and O–H groups in total. The normalized spacial score (nSPS) is 13.0. The molecule has 0 spiro atoms. The smallest absolute Gasteiger partial charge is 0.270 e. The van der Waals surface area contributed by atoms with Crippen molar-refractivity contribution >= 4 is 23.0 Å². The van der Waals surface area contributed by atoms with Crippen molar-refractivity contribution in [3.05, 3.63) is 69.9 Å². The molecule has 31 heavy (non-hydrogen) atoms. The number of carbonyl (C=O) groups is 1. The molecule has 2 aromatic carbocycles. The minimum atomic E-state index is -0.528. The molecule has 1 saturated carbocycles. The quantitative estimate of drug-likeness (QED) is 0.429. The lowest BCUT2D eigenvalue weighted by atomic mass is 10.1. The van der Waals surface area contributed by atoms with Gasteiger partial charge in [0.2, 0.25) is 11.7 Å². The minimum Gasteiger partial charge on any atom is -0.485 e. The average molecular weight is 423 g/mol. The SMILES string of the molecule is CN(C)c1ccc([N+](=O)[O-])cc1C(=O)Nc1ccc(OCc2noc(C3CC3)n2)cc1. The molecule has 160 valence electrons. The molecule has 0 saturated heterocycles. The number of anilines is 2. The fourth-order valence-electron chi connectivity index (χ4n) is 3.01. The van der Waals surface area contributed by atoms with E-state index < -0.39 is 10.8 Å². The van der Waals surface area contributed by atoms with Crippen LogP contribution in [0.3, 0.4) is 0 Å². The van der Waals surface area contributed by atoms with Crippen LogP contribution >= 0.6 is 0 Å². The van der Waals surface area contributed by atoms with Crippen LogP contribution in [-0.2, 0) is 6.61 Å². The molecule has 0 unspecified atom stereocenters. The molecule has 0 radical (unpaired) electrons. The van der Waals surface area contributed by atoms with Gasteiger partial charge in [0.15, 0.2) is 6.61 Å². The van der Waals surface area contributed by atoms with Gasteiger partial charge < -0.3 is 19.5 Å². The van der Waals surface area contributed by atoms with Crippen LogP contribution in [0, 0.1) is 10.1 Å². The van der Waals surface area contributed by atoms with Crippen molar-refractivity contribution in [2.45, 2.75) is 25.4 Å². The Balaban J connectivity index is 1.40. The van der Waals surface area contributed by atoms with Crippen LogP contribution in [0.2, 0.25) is 0 Å². The molecule has 1 amide bonds. The van der Waals surface area contributed by atoms with Gasteiger partial charge >= 0.3 is 0 Å². The van der Waals surface area contributed by atoms with Crippen LogP contribution in [0.5, 0.6) is 5.75 Å². The number of hydrogen-bond acceptors (Lipinski definition) is 8. The molecule has 1 aliphatic rings. The zero-order valence-electron chi connectivity index (χ0n) is 17.1. The Morgan fingerprint density at radius 3 is 2.65 bits per heavy atom.